The van der Waals surface area contributed by atoms with Gasteiger partial charge in [-0.05, 0) is 41.5 Å². The molecule has 1 atom stereocenters. The van der Waals surface area contributed by atoms with Crippen LogP contribution in [0.25, 0.3) is 0 Å². The molecule has 0 amide bonds. The van der Waals surface area contributed by atoms with Gasteiger partial charge in [0.1, 0.15) is 4.99 Å². The Bertz CT molecular complexity index is 478. The molecule has 0 aromatic heterocycles. The predicted octanol–water partition coefficient (Wildman–Crippen LogP) is 2.61. The van der Waals surface area contributed by atoms with Crippen LogP contribution in [0.15, 0.2) is 22.7 Å². The highest BCUT2D eigenvalue weighted by Gasteiger charge is 2.24. The van der Waals surface area contributed by atoms with Crippen molar-refractivity contribution >= 4 is 38.8 Å². The Labute approximate surface area is 128 Å². The molecule has 1 aromatic rings. The number of nitrogens with zero attached hydrogens (tertiary/aromatic N) is 2. The lowest BCUT2D eigenvalue weighted by Crippen LogP contribution is -2.52. The molecule has 1 aliphatic heterocycles. The predicted molar refractivity (Wildman–Crippen MR) is 89.0 cm³/mol. The Kier molecular flexibility index (Phi) is 4.81. The lowest BCUT2D eigenvalue weighted by Gasteiger charge is -2.41. The summed E-state index contributed by atoms with van der Waals surface area (Å²) < 4.78 is 0.975. The molecule has 1 heterocycles. The number of likely N-dealkylation sites (N-methyl/N-ethyl adjacent to an activating group) is 1. The maximum absolute atomic E-state index is 5.87. The zero-order valence-electron chi connectivity index (χ0n) is 11.4. The summed E-state index contributed by atoms with van der Waals surface area (Å²) in [4.78, 5) is 5.33. The fraction of sp³-hybridized carbons (Fsp3) is 0.500. The number of halogens is 1. The summed E-state index contributed by atoms with van der Waals surface area (Å²) in [5.74, 6) is 0. The number of benzene rings is 1. The zero-order valence-corrected chi connectivity index (χ0v) is 13.8. The third-order valence-corrected chi connectivity index (χ3v) is 4.61. The van der Waals surface area contributed by atoms with Crippen molar-refractivity contribution in [3.8, 4) is 0 Å². The van der Waals surface area contributed by atoms with E-state index in [1.54, 1.807) is 0 Å². The minimum absolute atomic E-state index is 0.452. The van der Waals surface area contributed by atoms with Gasteiger partial charge in [-0.1, -0.05) is 25.2 Å². The minimum Gasteiger partial charge on any atom is -0.389 e. The highest BCUT2D eigenvalue weighted by atomic mass is 79.9. The molecule has 19 heavy (non-hydrogen) atoms. The van der Waals surface area contributed by atoms with E-state index in [4.69, 9.17) is 18.0 Å². The van der Waals surface area contributed by atoms with Crippen LogP contribution in [0.3, 0.4) is 0 Å². The average Bonchev–Trinajstić information content (AvgIpc) is 2.37. The van der Waals surface area contributed by atoms with E-state index in [1.165, 1.54) is 0 Å². The van der Waals surface area contributed by atoms with Crippen LogP contribution < -0.4 is 10.6 Å². The van der Waals surface area contributed by atoms with Crippen LogP contribution >= 0.6 is 28.1 Å². The topological polar surface area (TPSA) is 32.5 Å². The largest absolute Gasteiger partial charge is 0.389 e. The van der Waals surface area contributed by atoms with E-state index in [9.17, 15) is 0 Å². The monoisotopic (exact) mass is 341 g/mol. The van der Waals surface area contributed by atoms with Gasteiger partial charge in [0.2, 0.25) is 0 Å². The molecule has 0 bridgehead atoms. The lowest BCUT2D eigenvalue weighted by atomic mass is 10.1. The van der Waals surface area contributed by atoms with Gasteiger partial charge in [0.15, 0.2) is 0 Å². The van der Waals surface area contributed by atoms with Gasteiger partial charge in [0.25, 0.3) is 0 Å². The lowest BCUT2D eigenvalue weighted by molar-refractivity contribution is 0.199. The Morgan fingerprint density at radius 2 is 2.21 bits per heavy atom. The van der Waals surface area contributed by atoms with Crippen LogP contribution in [0, 0.1) is 0 Å². The second-order valence-corrected chi connectivity index (χ2v) is 6.22. The van der Waals surface area contributed by atoms with Crippen LogP contribution in [0.5, 0.6) is 0 Å². The molecule has 1 saturated heterocycles. The first-order valence-corrected chi connectivity index (χ1v) is 7.82. The Balaban J connectivity index is 2.28. The first-order chi connectivity index (χ1) is 9.04. The zero-order chi connectivity index (χ0) is 14.0. The van der Waals surface area contributed by atoms with E-state index >= 15 is 0 Å². The fourth-order valence-corrected chi connectivity index (χ4v) is 3.62. The molecule has 1 unspecified atom stereocenters. The second-order valence-electron chi connectivity index (χ2n) is 4.92. The minimum atomic E-state index is 0.452. The molecule has 2 N–H and O–H groups in total. The summed E-state index contributed by atoms with van der Waals surface area (Å²) in [5, 5.41) is 0. The normalized spacial score (nSPS) is 20.6. The molecule has 0 aliphatic carbocycles. The van der Waals surface area contributed by atoms with Crippen molar-refractivity contribution in [2.75, 3.05) is 31.1 Å². The molecular formula is C14H20BrN3S. The van der Waals surface area contributed by atoms with Gasteiger partial charge < -0.3 is 10.6 Å². The van der Waals surface area contributed by atoms with Crippen molar-refractivity contribution in [1.82, 2.24) is 4.90 Å². The SMILES string of the molecule is CCN1CCN(c2cccc(Br)c2C(N)=S)CC1C. The summed E-state index contributed by atoms with van der Waals surface area (Å²) in [6, 6.07) is 6.69. The van der Waals surface area contributed by atoms with Crippen LogP contribution in [0.1, 0.15) is 19.4 Å². The van der Waals surface area contributed by atoms with E-state index in [1.807, 2.05) is 12.1 Å². The average molecular weight is 342 g/mol. The second kappa shape index (κ2) is 6.20. The molecule has 1 fully saturated rings. The first-order valence-electron chi connectivity index (χ1n) is 6.62. The van der Waals surface area contributed by atoms with Gasteiger partial charge >= 0.3 is 0 Å². The first kappa shape index (κ1) is 14.8. The van der Waals surface area contributed by atoms with Gasteiger partial charge in [-0.25, -0.2) is 0 Å². The summed E-state index contributed by atoms with van der Waals surface area (Å²) >= 11 is 8.74. The van der Waals surface area contributed by atoms with E-state index in [0.717, 1.165) is 41.9 Å². The number of nitrogens with two attached hydrogens (primary N) is 1. The van der Waals surface area contributed by atoms with Crippen molar-refractivity contribution < 1.29 is 0 Å². The Morgan fingerprint density at radius 3 is 2.79 bits per heavy atom. The molecule has 0 spiro atoms. The smallest absolute Gasteiger partial charge is 0.107 e. The number of anilines is 1. The van der Waals surface area contributed by atoms with Gasteiger partial charge in [-0.2, -0.15) is 0 Å². The number of thiocarbonyl (C=S) groups is 1. The van der Waals surface area contributed by atoms with Gasteiger partial charge in [-0.15, -0.1) is 0 Å². The molecule has 5 heteroatoms. The summed E-state index contributed by atoms with van der Waals surface area (Å²) in [6.45, 7) is 8.71. The molecule has 1 aliphatic rings. The van der Waals surface area contributed by atoms with E-state index in [2.05, 4.69) is 45.6 Å². The van der Waals surface area contributed by atoms with E-state index in [-0.39, 0.29) is 0 Å². The Hall–Kier alpha value is -0.650. The third-order valence-electron chi connectivity index (χ3n) is 3.75. The van der Waals surface area contributed by atoms with Crippen LogP contribution in [0.2, 0.25) is 0 Å². The van der Waals surface area contributed by atoms with Gasteiger partial charge in [0.05, 0.1) is 0 Å². The van der Waals surface area contributed by atoms with Crippen molar-refractivity contribution in [3.63, 3.8) is 0 Å². The van der Waals surface area contributed by atoms with Gasteiger partial charge in [0, 0.05) is 41.4 Å². The number of rotatable bonds is 3. The molecule has 0 radical (unpaired) electrons. The van der Waals surface area contributed by atoms with Crippen molar-refractivity contribution in [3.05, 3.63) is 28.2 Å². The van der Waals surface area contributed by atoms with E-state index in [0.29, 0.717) is 11.0 Å². The van der Waals surface area contributed by atoms with Crippen LogP contribution in [-0.2, 0) is 0 Å². The van der Waals surface area contributed by atoms with E-state index < -0.39 is 0 Å². The quantitative estimate of drug-likeness (QED) is 0.856. The number of hydrogen-bond donors (Lipinski definition) is 1. The van der Waals surface area contributed by atoms with Crippen LogP contribution in [0.4, 0.5) is 5.69 Å². The highest BCUT2D eigenvalue weighted by molar-refractivity contribution is 9.10. The summed E-state index contributed by atoms with van der Waals surface area (Å²) in [7, 11) is 0. The number of hydrogen-bond acceptors (Lipinski definition) is 3. The van der Waals surface area contributed by atoms with Crippen molar-refractivity contribution in [2.24, 2.45) is 5.73 Å². The summed E-state index contributed by atoms with van der Waals surface area (Å²) in [6.07, 6.45) is 0. The molecule has 0 saturated carbocycles. The molecule has 2 rings (SSSR count). The maximum atomic E-state index is 5.87. The molecule has 104 valence electrons. The fourth-order valence-electron chi connectivity index (χ4n) is 2.70. The van der Waals surface area contributed by atoms with Crippen molar-refractivity contribution in [2.45, 2.75) is 19.9 Å². The molecular weight excluding hydrogens is 322 g/mol. The van der Waals surface area contributed by atoms with Crippen LogP contribution in [-0.4, -0.2) is 42.1 Å². The van der Waals surface area contributed by atoms with Crippen molar-refractivity contribution in [1.29, 1.82) is 0 Å². The third kappa shape index (κ3) is 3.09. The maximum Gasteiger partial charge on any atom is 0.107 e. The Morgan fingerprint density at radius 1 is 1.47 bits per heavy atom. The molecule has 1 aromatic carbocycles. The standard InChI is InChI=1S/C14H20BrN3S/c1-3-17-7-8-18(9-10(17)2)12-6-4-5-11(15)13(12)14(16)19/h4-6,10H,3,7-9H2,1-2H3,(H2,16,19). The summed E-state index contributed by atoms with van der Waals surface area (Å²) in [5.41, 5.74) is 7.97. The highest BCUT2D eigenvalue weighted by Crippen LogP contribution is 2.29. The van der Waals surface area contributed by atoms with Gasteiger partial charge in [-0.3, -0.25) is 4.90 Å². The number of piperazine rings is 1. The molecule has 3 nitrogen and oxygen atoms in total.